The van der Waals surface area contributed by atoms with Gasteiger partial charge in [0, 0.05) is 13.0 Å². The molecular formula is C13H24N2O2. The summed E-state index contributed by atoms with van der Waals surface area (Å²) in [5, 5.41) is 3.35. The smallest absolute Gasteiger partial charge is 0.222 e. The highest BCUT2D eigenvalue weighted by molar-refractivity contribution is 5.76. The van der Waals surface area contributed by atoms with Crippen molar-refractivity contribution in [2.75, 3.05) is 32.8 Å². The van der Waals surface area contributed by atoms with Crippen LogP contribution in [0.2, 0.25) is 0 Å². The zero-order valence-electron chi connectivity index (χ0n) is 10.8. The Morgan fingerprint density at radius 3 is 3.12 bits per heavy atom. The quantitative estimate of drug-likeness (QED) is 0.797. The van der Waals surface area contributed by atoms with Crippen molar-refractivity contribution in [3.8, 4) is 0 Å². The molecule has 2 fully saturated rings. The van der Waals surface area contributed by atoms with E-state index >= 15 is 0 Å². The number of carbonyl (C=O) groups is 1. The van der Waals surface area contributed by atoms with Crippen molar-refractivity contribution < 1.29 is 9.53 Å². The van der Waals surface area contributed by atoms with Gasteiger partial charge in [0.1, 0.15) is 0 Å². The number of hydrogen-bond donors (Lipinski definition) is 1. The lowest BCUT2D eigenvalue weighted by Gasteiger charge is -2.35. The lowest BCUT2D eigenvalue weighted by atomic mass is 10.0. The zero-order chi connectivity index (χ0) is 12.1. The maximum atomic E-state index is 12.2. The van der Waals surface area contributed by atoms with Crippen LogP contribution in [0.1, 0.15) is 32.6 Å². The summed E-state index contributed by atoms with van der Waals surface area (Å²) in [6.45, 7) is 6.53. The van der Waals surface area contributed by atoms with E-state index in [4.69, 9.17) is 4.74 Å². The van der Waals surface area contributed by atoms with Crippen molar-refractivity contribution in [2.45, 2.75) is 38.6 Å². The van der Waals surface area contributed by atoms with Gasteiger partial charge in [0.05, 0.1) is 19.3 Å². The molecule has 2 atom stereocenters. The molecule has 0 aromatic carbocycles. The molecule has 0 radical (unpaired) electrons. The molecule has 2 aliphatic rings. The predicted octanol–water partition coefficient (Wildman–Crippen LogP) is 1.01. The van der Waals surface area contributed by atoms with E-state index < -0.39 is 0 Å². The number of carbonyl (C=O) groups excluding carboxylic acids is 1. The Kier molecular flexibility index (Phi) is 4.80. The summed E-state index contributed by atoms with van der Waals surface area (Å²) in [6, 6.07) is 0.304. The number of amides is 1. The first-order chi connectivity index (χ1) is 8.31. The maximum Gasteiger partial charge on any atom is 0.222 e. The van der Waals surface area contributed by atoms with E-state index in [1.54, 1.807) is 0 Å². The molecule has 1 amide bonds. The molecule has 2 saturated heterocycles. The zero-order valence-corrected chi connectivity index (χ0v) is 10.8. The van der Waals surface area contributed by atoms with E-state index in [1.807, 2.05) is 4.90 Å². The summed E-state index contributed by atoms with van der Waals surface area (Å²) in [6.07, 6.45) is 3.98. The van der Waals surface area contributed by atoms with Gasteiger partial charge < -0.3 is 15.0 Å². The van der Waals surface area contributed by atoms with Crippen LogP contribution in [0, 0.1) is 5.92 Å². The minimum absolute atomic E-state index is 0.304. The molecule has 1 N–H and O–H groups in total. The van der Waals surface area contributed by atoms with Gasteiger partial charge in [0.25, 0.3) is 0 Å². The highest BCUT2D eigenvalue weighted by Crippen LogP contribution is 2.17. The third-order valence-corrected chi connectivity index (χ3v) is 3.95. The first-order valence-corrected chi connectivity index (χ1v) is 6.89. The Balaban J connectivity index is 1.76. The van der Waals surface area contributed by atoms with Gasteiger partial charge >= 0.3 is 0 Å². The summed E-state index contributed by atoms with van der Waals surface area (Å²) in [5.74, 6) is 1.03. The lowest BCUT2D eigenvalue weighted by molar-refractivity contribution is -0.140. The molecule has 4 nitrogen and oxygen atoms in total. The second-order valence-corrected chi connectivity index (χ2v) is 5.12. The van der Waals surface area contributed by atoms with E-state index in [1.165, 1.54) is 6.42 Å². The molecular weight excluding hydrogens is 216 g/mol. The highest BCUT2D eigenvalue weighted by atomic mass is 16.5. The Hall–Kier alpha value is -0.610. The Labute approximate surface area is 104 Å². The molecule has 2 rings (SSSR count). The van der Waals surface area contributed by atoms with Gasteiger partial charge in [-0.2, -0.15) is 0 Å². The number of hydrogen-bond acceptors (Lipinski definition) is 3. The number of rotatable bonds is 4. The van der Waals surface area contributed by atoms with Crippen LogP contribution in [0.15, 0.2) is 0 Å². The standard InChI is InChI=1S/C13H24N2O2/c1-2-12-10-17-8-7-15(12)13(16)4-3-11-5-6-14-9-11/h11-12,14H,2-10H2,1H3. The van der Waals surface area contributed by atoms with Crippen molar-refractivity contribution in [1.82, 2.24) is 10.2 Å². The van der Waals surface area contributed by atoms with Crippen molar-refractivity contribution in [2.24, 2.45) is 5.92 Å². The largest absolute Gasteiger partial charge is 0.377 e. The van der Waals surface area contributed by atoms with Gasteiger partial charge in [-0.1, -0.05) is 6.92 Å². The summed E-state index contributed by atoms with van der Waals surface area (Å²) in [7, 11) is 0. The van der Waals surface area contributed by atoms with E-state index in [0.717, 1.165) is 32.5 Å². The molecule has 2 heterocycles. The average Bonchev–Trinajstić information content (AvgIpc) is 2.89. The highest BCUT2D eigenvalue weighted by Gasteiger charge is 2.26. The first kappa shape index (κ1) is 12.8. The van der Waals surface area contributed by atoms with Gasteiger partial charge in [-0.3, -0.25) is 4.79 Å². The van der Waals surface area contributed by atoms with Crippen LogP contribution >= 0.6 is 0 Å². The van der Waals surface area contributed by atoms with Gasteiger partial charge in [-0.15, -0.1) is 0 Å². The van der Waals surface area contributed by atoms with Gasteiger partial charge in [-0.25, -0.2) is 0 Å². The van der Waals surface area contributed by atoms with Crippen molar-refractivity contribution in [1.29, 1.82) is 0 Å². The molecule has 2 unspecified atom stereocenters. The molecule has 0 aromatic rings. The van der Waals surface area contributed by atoms with Gasteiger partial charge in [0.15, 0.2) is 0 Å². The van der Waals surface area contributed by atoms with E-state index in [-0.39, 0.29) is 0 Å². The number of ether oxygens (including phenoxy) is 1. The van der Waals surface area contributed by atoms with Crippen LogP contribution in [-0.2, 0) is 9.53 Å². The summed E-state index contributed by atoms with van der Waals surface area (Å²) in [4.78, 5) is 14.2. The predicted molar refractivity (Wildman–Crippen MR) is 66.8 cm³/mol. The normalized spacial score (nSPS) is 29.6. The Morgan fingerprint density at radius 2 is 2.41 bits per heavy atom. The Morgan fingerprint density at radius 1 is 1.53 bits per heavy atom. The molecule has 0 spiro atoms. The molecule has 2 aliphatic heterocycles. The van der Waals surface area contributed by atoms with Gasteiger partial charge in [0.2, 0.25) is 5.91 Å². The Bertz CT molecular complexity index is 252. The topological polar surface area (TPSA) is 41.6 Å². The lowest BCUT2D eigenvalue weighted by Crippen LogP contribution is -2.48. The number of nitrogens with zero attached hydrogens (tertiary/aromatic N) is 1. The number of morpholine rings is 1. The third-order valence-electron chi connectivity index (χ3n) is 3.95. The minimum Gasteiger partial charge on any atom is -0.377 e. The minimum atomic E-state index is 0.304. The molecule has 98 valence electrons. The van der Waals surface area contributed by atoms with E-state index in [9.17, 15) is 4.79 Å². The fourth-order valence-electron chi connectivity index (χ4n) is 2.75. The van der Waals surface area contributed by atoms with Gasteiger partial charge in [-0.05, 0) is 38.3 Å². The molecule has 0 saturated carbocycles. The molecule has 0 aliphatic carbocycles. The molecule has 4 heteroatoms. The first-order valence-electron chi connectivity index (χ1n) is 6.89. The van der Waals surface area contributed by atoms with Crippen LogP contribution in [0.25, 0.3) is 0 Å². The maximum absolute atomic E-state index is 12.2. The van der Waals surface area contributed by atoms with Crippen molar-refractivity contribution >= 4 is 5.91 Å². The van der Waals surface area contributed by atoms with Crippen LogP contribution in [0.3, 0.4) is 0 Å². The number of nitrogens with one attached hydrogen (secondary N) is 1. The second kappa shape index (κ2) is 6.36. The summed E-state index contributed by atoms with van der Waals surface area (Å²) in [5.41, 5.74) is 0. The summed E-state index contributed by atoms with van der Waals surface area (Å²) < 4.78 is 5.43. The fraction of sp³-hybridized carbons (Fsp3) is 0.923. The molecule has 17 heavy (non-hydrogen) atoms. The fourth-order valence-corrected chi connectivity index (χ4v) is 2.75. The SMILES string of the molecule is CCC1COCCN1C(=O)CCC1CCNC1. The molecule has 0 bridgehead atoms. The second-order valence-electron chi connectivity index (χ2n) is 5.12. The average molecular weight is 240 g/mol. The van der Waals surface area contributed by atoms with E-state index in [2.05, 4.69) is 12.2 Å². The van der Waals surface area contributed by atoms with Crippen LogP contribution in [-0.4, -0.2) is 49.7 Å². The molecule has 0 aromatic heterocycles. The summed E-state index contributed by atoms with van der Waals surface area (Å²) >= 11 is 0. The van der Waals surface area contributed by atoms with Crippen LogP contribution in [0.5, 0.6) is 0 Å². The third kappa shape index (κ3) is 3.42. The van der Waals surface area contributed by atoms with Crippen LogP contribution in [0.4, 0.5) is 0 Å². The van der Waals surface area contributed by atoms with E-state index in [0.29, 0.717) is 37.5 Å². The van der Waals surface area contributed by atoms with Crippen LogP contribution < -0.4 is 5.32 Å². The monoisotopic (exact) mass is 240 g/mol. The van der Waals surface area contributed by atoms with Crippen molar-refractivity contribution in [3.05, 3.63) is 0 Å². The van der Waals surface area contributed by atoms with Crippen molar-refractivity contribution in [3.63, 3.8) is 0 Å².